The van der Waals surface area contributed by atoms with E-state index < -0.39 is 24.6 Å². The van der Waals surface area contributed by atoms with Gasteiger partial charge in [0.05, 0.1) is 8.67 Å². The Kier molecular flexibility index (Phi) is 6.54. The molecule has 1 aromatic rings. The van der Waals surface area contributed by atoms with Crippen LogP contribution in [0.15, 0.2) is 6.07 Å². The third-order valence-electron chi connectivity index (χ3n) is 2.36. The molecule has 0 saturated heterocycles. The molecule has 106 valence electrons. The number of carboxylic acids is 1. The molecule has 0 aliphatic heterocycles. The number of nitrogens with one attached hydrogen (secondary N) is 1. The lowest BCUT2D eigenvalue weighted by molar-refractivity contribution is -0.142. The van der Waals surface area contributed by atoms with Crippen LogP contribution in [0.3, 0.4) is 0 Å². The second-order valence-electron chi connectivity index (χ2n) is 3.82. The van der Waals surface area contributed by atoms with Crippen LogP contribution in [-0.2, 0) is 16.0 Å². The fourth-order valence-corrected chi connectivity index (χ4v) is 2.96. The SMILES string of the molecule is O=C(CCCc1cc(Cl)sc1Cl)NC(CF)C(=O)O. The summed E-state index contributed by atoms with van der Waals surface area (Å²) in [7, 11) is 0. The highest BCUT2D eigenvalue weighted by Gasteiger charge is 2.19. The minimum Gasteiger partial charge on any atom is -0.480 e. The largest absolute Gasteiger partial charge is 0.480 e. The van der Waals surface area contributed by atoms with Gasteiger partial charge in [-0.2, -0.15) is 0 Å². The number of aliphatic carboxylic acids is 1. The van der Waals surface area contributed by atoms with Crippen molar-refractivity contribution < 1.29 is 19.1 Å². The Morgan fingerprint density at radius 2 is 2.16 bits per heavy atom. The molecule has 1 aromatic heterocycles. The smallest absolute Gasteiger partial charge is 0.328 e. The van der Waals surface area contributed by atoms with Crippen molar-refractivity contribution in [1.82, 2.24) is 5.32 Å². The fourth-order valence-electron chi connectivity index (χ4n) is 1.42. The average Bonchev–Trinajstić information content (AvgIpc) is 2.64. The summed E-state index contributed by atoms with van der Waals surface area (Å²) in [4.78, 5) is 21.9. The number of carbonyl (C=O) groups excluding carboxylic acids is 1. The Morgan fingerprint density at radius 3 is 2.63 bits per heavy atom. The van der Waals surface area contributed by atoms with Crippen molar-refractivity contribution in [1.29, 1.82) is 0 Å². The first-order valence-corrected chi connectivity index (χ1v) is 7.03. The third kappa shape index (κ3) is 5.34. The maximum absolute atomic E-state index is 12.3. The van der Waals surface area contributed by atoms with Crippen LogP contribution in [0.4, 0.5) is 4.39 Å². The summed E-state index contributed by atoms with van der Waals surface area (Å²) in [5.41, 5.74) is 0.852. The molecule has 0 bridgehead atoms. The van der Waals surface area contributed by atoms with E-state index in [1.54, 1.807) is 6.07 Å². The number of alkyl halides is 1. The monoisotopic (exact) mass is 327 g/mol. The molecule has 2 N–H and O–H groups in total. The Morgan fingerprint density at radius 1 is 1.47 bits per heavy atom. The molecular weight excluding hydrogens is 316 g/mol. The summed E-state index contributed by atoms with van der Waals surface area (Å²) in [6, 6.07) is 0.250. The van der Waals surface area contributed by atoms with E-state index in [9.17, 15) is 14.0 Å². The van der Waals surface area contributed by atoms with Crippen LogP contribution < -0.4 is 5.32 Å². The topological polar surface area (TPSA) is 66.4 Å². The van der Waals surface area contributed by atoms with Crippen molar-refractivity contribution >= 4 is 46.4 Å². The van der Waals surface area contributed by atoms with E-state index in [4.69, 9.17) is 28.3 Å². The van der Waals surface area contributed by atoms with Gasteiger partial charge in [0.2, 0.25) is 5.91 Å². The quantitative estimate of drug-likeness (QED) is 0.809. The van der Waals surface area contributed by atoms with E-state index in [-0.39, 0.29) is 6.42 Å². The molecule has 0 spiro atoms. The van der Waals surface area contributed by atoms with Gasteiger partial charge >= 0.3 is 5.97 Å². The van der Waals surface area contributed by atoms with Crippen molar-refractivity contribution in [3.8, 4) is 0 Å². The van der Waals surface area contributed by atoms with Gasteiger partial charge in [-0.25, -0.2) is 9.18 Å². The normalized spacial score (nSPS) is 12.2. The highest BCUT2D eigenvalue weighted by molar-refractivity contribution is 7.20. The van der Waals surface area contributed by atoms with Crippen LogP contribution in [0.25, 0.3) is 0 Å². The molecule has 19 heavy (non-hydrogen) atoms. The van der Waals surface area contributed by atoms with Crippen molar-refractivity contribution in [2.24, 2.45) is 0 Å². The second-order valence-corrected chi connectivity index (χ2v) is 6.10. The molecule has 0 aromatic carbocycles. The summed E-state index contributed by atoms with van der Waals surface area (Å²) < 4.78 is 13.4. The third-order valence-corrected chi connectivity index (χ3v) is 3.93. The lowest BCUT2D eigenvalue weighted by Crippen LogP contribution is -2.42. The maximum atomic E-state index is 12.3. The molecule has 0 aliphatic rings. The first-order chi connectivity index (χ1) is 8.93. The molecule has 0 aliphatic carbocycles. The van der Waals surface area contributed by atoms with E-state index in [2.05, 4.69) is 5.32 Å². The molecule has 0 radical (unpaired) electrons. The number of thiophene rings is 1. The van der Waals surface area contributed by atoms with Crippen molar-refractivity contribution in [3.63, 3.8) is 0 Å². The minimum absolute atomic E-state index is 0.105. The number of amides is 1. The Hall–Kier alpha value is -0.850. The molecule has 1 atom stereocenters. The fraction of sp³-hybridized carbons (Fsp3) is 0.455. The average molecular weight is 328 g/mol. The second kappa shape index (κ2) is 7.67. The number of rotatable bonds is 7. The van der Waals surface area contributed by atoms with Crippen LogP contribution in [0.1, 0.15) is 18.4 Å². The number of carbonyl (C=O) groups is 2. The van der Waals surface area contributed by atoms with E-state index in [0.717, 1.165) is 5.56 Å². The first-order valence-electron chi connectivity index (χ1n) is 5.46. The van der Waals surface area contributed by atoms with Gasteiger partial charge in [-0.05, 0) is 24.5 Å². The van der Waals surface area contributed by atoms with Crippen LogP contribution in [-0.4, -0.2) is 29.7 Å². The van der Waals surface area contributed by atoms with Crippen molar-refractivity contribution in [2.75, 3.05) is 6.67 Å². The number of carboxylic acid groups (broad SMARTS) is 1. The van der Waals surface area contributed by atoms with Crippen molar-refractivity contribution in [2.45, 2.75) is 25.3 Å². The van der Waals surface area contributed by atoms with Crippen LogP contribution >= 0.6 is 34.5 Å². The molecule has 0 fully saturated rings. The molecule has 4 nitrogen and oxygen atoms in total. The van der Waals surface area contributed by atoms with Gasteiger partial charge < -0.3 is 10.4 Å². The van der Waals surface area contributed by atoms with Gasteiger partial charge in [-0.3, -0.25) is 4.79 Å². The molecule has 8 heteroatoms. The molecule has 0 saturated carbocycles. The number of halogens is 3. The van der Waals surface area contributed by atoms with Crippen LogP contribution in [0.2, 0.25) is 8.67 Å². The van der Waals surface area contributed by atoms with Crippen molar-refractivity contribution in [3.05, 3.63) is 20.3 Å². The molecule has 1 amide bonds. The van der Waals surface area contributed by atoms with Gasteiger partial charge in [-0.1, -0.05) is 23.2 Å². The van der Waals surface area contributed by atoms with Gasteiger partial charge in [0, 0.05) is 6.42 Å². The van der Waals surface area contributed by atoms with Gasteiger partial charge in [0.15, 0.2) is 6.04 Å². The van der Waals surface area contributed by atoms with Gasteiger partial charge in [0.1, 0.15) is 6.67 Å². The highest BCUT2D eigenvalue weighted by atomic mass is 35.5. The van der Waals surface area contributed by atoms with E-state index >= 15 is 0 Å². The van der Waals surface area contributed by atoms with E-state index in [1.165, 1.54) is 11.3 Å². The maximum Gasteiger partial charge on any atom is 0.328 e. The lowest BCUT2D eigenvalue weighted by Gasteiger charge is -2.10. The highest BCUT2D eigenvalue weighted by Crippen LogP contribution is 2.31. The predicted molar refractivity (Wildman–Crippen MR) is 72.8 cm³/mol. The molecule has 1 heterocycles. The summed E-state index contributed by atoms with van der Waals surface area (Å²) in [5, 5.41) is 10.7. The standard InChI is InChI=1S/C11H12Cl2FNO3S/c12-8-4-6(10(13)19-8)2-1-3-9(16)15-7(5-14)11(17)18/h4,7H,1-3,5H2,(H,15,16)(H,17,18). The zero-order chi connectivity index (χ0) is 14.4. The molecule has 1 unspecified atom stereocenters. The number of hydrogen-bond donors (Lipinski definition) is 2. The zero-order valence-corrected chi connectivity index (χ0v) is 12.1. The Bertz CT molecular complexity index is 467. The van der Waals surface area contributed by atoms with Gasteiger partial charge in [0.25, 0.3) is 0 Å². The summed E-state index contributed by atoms with van der Waals surface area (Å²) >= 11 is 12.9. The van der Waals surface area contributed by atoms with E-state index in [1.807, 2.05) is 0 Å². The predicted octanol–water partition coefficient (Wildman–Crippen LogP) is 2.92. The first kappa shape index (κ1) is 16.2. The number of hydrogen-bond acceptors (Lipinski definition) is 3. The van der Waals surface area contributed by atoms with E-state index in [0.29, 0.717) is 21.5 Å². The molecular formula is C11H12Cl2FNO3S. The van der Waals surface area contributed by atoms with Crippen LogP contribution in [0.5, 0.6) is 0 Å². The summed E-state index contributed by atoms with van der Waals surface area (Å²) in [5.74, 6) is -1.88. The lowest BCUT2D eigenvalue weighted by atomic mass is 10.1. The number of aryl methyl sites for hydroxylation is 1. The summed E-state index contributed by atoms with van der Waals surface area (Å²) in [6.07, 6.45) is 1.15. The van der Waals surface area contributed by atoms with Crippen LogP contribution in [0, 0.1) is 0 Å². The Labute approximate surface area is 123 Å². The minimum atomic E-state index is -1.48. The Balaban J connectivity index is 2.35. The van der Waals surface area contributed by atoms with Gasteiger partial charge in [-0.15, -0.1) is 11.3 Å². The zero-order valence-electron chi connectivity index (χ0n) is 9.79. The molecule has 1 rings (SSSR count). The summed E-state index contributed by atoms with van der Waals surface area (Å²) in [6.45, 7) is -1.13.